The average molecular weight is 1230 g/mol. The number of esters is 1. The molecule has 37 nitrogen and oxygen atoms in total. The van der Waals surface area contributed by atoms with E-state index >= 15 is 0 Å². The number of aliphatic hydroxyl groups excluding tert-OH is 20. The Kier molecular flexibility index (Phi) is 24.1. The number of nitrogens with one attached hydrogen (secondary N) is 1. The van der Waals surface area contributed by atoms with Gasteiger partial charge in [0, 0.05) is 6.42 Å². The normalized spacial score (nSPS) is 51.7. The lowest BCUT2D eigenvalue weighted by molar-refractivity contribution is -0.396. The highest BCUT2D eigenvalue weighted by atomic mass is 16.8. The van der Waals surface area contributed by atoms with Crippen LogP contribution in [0.15, 0.2) is 0 Å². The monoisotopic (exact) mass is 1230 g/mol. The van der Waals surface area contributed by atoms with E-state index in [1.54, 1.807) is 7.05 Å². The van der Waals surface area contributed by atoms with Crippen LogP contribution in [0.5, 0.6) is 0 Å². The maximum atomic E-state index is 12.8. The third-order valence-corrected chi connectivity index (χ3v) is 15.8. The summed E-state index contributed by atoms with van der Waals surface area (Å²) in [5, 5.41) is 225. The predicted molar refractivity (Wildman–Crippen MR) is 255 cm³/mol. The van der Waals surface area contributed by atoms with E-state index < -0.39 is 267 Å². The van der Waals surface area contributed by atoms with Crippen molar-refractivity contribution in [3.8, 4) is 0 Å². The van der Waals surface area contributed by atoms with Crippen molar-refractivity contribution in [2.45, 2.75) is 228 Å². The lowest BCUT2D eigenvalue weighted by atomic mass is 9.95. The first kappa shape index (κ1) is 68.0. The second kappa shape index (κ2) is 29.8. The van der Waals surface area contributed by atoms with Gasteiger partial charge in [-0.3, -0.25) is 4.79 Å². The van der Waals surface area contributed by atoms with E-state index in [-0.39, 0.29) is 6.42 Å². The highest BCUT2D eigenvalue weighted by Gasteiger charge is 2.59. The molecule has 0 saturated carbocycles. The molecule has 21 heterocycles. The second-order valence-corrected chi connectivity index (χ2v) is 21.4. The van der Waals surface area contributed by atoms with Crippen molar-refractivity contribution >= 4 is 5.97 Å². The van der Waals surface area contributed by atoms with Gasteiger partial charge in [-0.05, 0) is 20.0 Å². The van der Waals surface area contributed by atoms with Gasteiger partial charge >= 0.3 is 5.97 Å². The molecule has 0 aliphatic carbocycles. The zero-order valence-electron chi connectivity index (χ0n) is 44.8. The van der Waals surface area contributed by atoms with Gasteiger partial charge in [0.15, 0.2) is 44.0 Å². The molecule has 21 rings (SSSR count). The summed E-state index contributed by atoms with van der Waals surface area (Å²) >= 11 is 0. The first-order valence-electron chi connectivity index (χ1n) is 27.2. The van der Waals surface area contributed by atoms with Crippen LogP contribution in [0.1, 0.15) is 12.8 Å². The number of carbonyl (C=O) groups excluding carboxylic acids is 1. The standard InChI is InChI=1S/C47H79NO36/c1-48-4-2-3-19(55)70-11-18-40-26(62)33(69)47(77-18)83-39-17(10-54)75-45(31(67)24(39)60)81-37-15(8-52)73-43(29(65)22(37)58)79-35-13(6-50)71-41(27(63)20(35)56)78-34-12(5-49)72-42(28(64)21(34)57)80-36-14(7-51)74-44(30(66)23(36)59)82-38-16(9-53)76-46(84-40)32(68)25(38)61/h12-18,20-54,56-69H,2-11H2,1H3/t12-,13-,14-,15-,16-,17-,18-,20-,21-,22-,23-,24-,25-,26-,27-,28-,29-,30-,31-,32-,33-,34-,35-,36-,37-,38-,39-,40-,41-,42-,43-,44-,45-,46-,47-/m1/s1. The third kappa shape index (κ3) is 14.2. The molecule has 37 heteroatoms. The Labute approximate surface area is 476 Å². The van der Waals surface area contributed by atoms with E-state index in [1.165, 1.54) is 0 Å². The van der Waals surface area contributed by atoms with Crippen LogP contribution in [-0.4, -0.2) is 383 Å². The second-order valence-electron chi connectivity index (χ2n) is 21.4. The molecule has 0 aromatic heterocycles. The minimum Gasteiger partial charge on any atom is -0.463 e. The van der Waals surface area contributed by atoms with Crippen molar-refractivity contribution in [3.05, 3.63) is 0 Å². The first-order chi connectivity index (χ1) is 40.0. The fourth-order valence-corrected chi connectivity index (χ4v) is 11.1. The van der Waals surface area contributed by atoms with Crippen LogP contribution < -0.4 is 5.32 Å². The van der Waals surface area contributed by atoms with Crippen molar-refractivity contribution in [2.24, 2.45) is 0 Å². The molecule has 21 saturated heterocycles. The number of aliphatic hydroxyl groups is 20. The maximum absolute atomic E-state index is 12.8. The highest BCUT2D eigenvalue weighted by molar-refractivity contribution is 5.69. The predicted octanol–water partition coefficient (Wildman–Crippen LogP) is -14.7. The van der Waals surface area contributed by atoms with Gasteiger partial charge in [0.1, 0.15) is 178 Å². The van der Waals surface area contributed by atoms with Crippen LogP contribution in [0.3, 0.4) is 0 Å². The zero-order valence-corrected chi connectivity index (χ0v) is 44.8. The molecule has 21 fully saturated rings. The number of ether oxygens (including phenoxy) is 15. The quantitative estimate of drug-likeness (QED) is 0.0637. The Hall–Kier alpha value is -1.93. The van der Waals surface area contributed by atoms with E-state index in [4.69, 9.17) is 71.1 Å². The van der Waals surface area contributed by atoms with Gasteiger partial charge in [-0.2, -0.15) is 0 Å². The summed E-state index contributed by atoms with van der Waals surface area (Å²) in [7, 11) is 1.63. The summed E-state index contributed by atoms with van der Waals surface area (Å²) in [6, 6.07) is 0. The van der Waals surface area contributed by atoms with Gasteiger partial charge in [-0.25, -0.2) is 0 Å². The van der Waals surface area contributed by atoms with Crippen LogP contribution in [0.4, 0.5) is 0 Å². The van der Waals surface area contributed by atoms with E-state index in [2.05, 4.69) is 5.32 Å². The largest absolute Gasteiger partial charge is 0.463 e. The molecule has 21 N–H and O–H groups in total. The summed E-state index contributed by atoms with van der Waals surface area (Å²) < 4.78 is 86.0. The fourth-order valence-electron chi connectivity index (χ4n) is 11.1. The number of hydrogen-bond donors (Lipinski definition) is 21. The van der Waals surface area contributed by atoms with E-state index in [0.29, 0.717) is 13.0 Å². The summed E-state index contributed by atoms with van der Waals surface area (Å²) in [4.78, 5) is 12.8. The molecule has 21 aliphatic heterocycles. The molecular formula is C47H79NO36. The van der Waals surface area contributed by atoms with Crippen molar-refractivity contribution in [2.75, 3.05) is 59.8 Å². The van der Waals surface area contributed by atoms with Crippen molar-refractivity contribution in [1.82, 2.24) is 5.32 Å². The summed E-state index contributed by atoms with van der Waals surface area (Å²) in [6.45, 7) is -6.79. The third-order valence-electron chi connectivity index (χ3n) is 15.8. The Morgan fingerprint density at radius 2 is 0.500 bits per heavy atom. The van der Waals surface area contributed by atoms with Crippen molar-refractivity contribution in [1.29, 1.82) is 0 Å². The SMILES string of the molecule is CNCCCC(=O)OC[C@H]1O[C@@H]2O[C@H]3[C@H](O)[C@@H](O)[C@@H](O[C@H]4[C@H](O)[C@@H](O)[C@@H](O[C@H]5[C@H](O)[C@@H](O)[C@@H](O[C@H]6[C@H](O)[C@@H](O)[C@@H](O[C@H]7[C@H](O)[C@@H](O)[C@@H](O[C@H]8[C@H](O)[C@@H](O)[C@@H](O[C@H]1[C@H](O)[C@H]2O)O[C@@H]8CO)O[C@@H]7CO)O[C@@H]6CO)O[C@@H]5CO)O[C@@H]4CO)O[C@@H]3CO. The van der Waals surface area contributed by atoms with Crippen molar-refractivity contribution < 1.29 is 178 Å². The Bertz CT molecular complexity index is 2010. The number of hydrogen-bond acceptors (Lipinski definition) is 37. The Morgan fingerprint density at radius 3 is 0.690 bits per heavy atom. The van der Waals surface area contributed by atoms with Crippen LogP contribution in [0, 0.1) is 0 Å². The Balaban J connectivity index is 1.09. The molecule has 0 spiro atoms. The van der Waals surface area contributed by atoms with Crippen molar-refractivity contribution in [3.63, 3.8) is 0 Å². The van der Waals surface area contributed by atoms with Crippen LogP contribution in [-0.2, 0) is 75.8 Å². The van der Waals surface area contributed by atoms with E-state index in [0.717, 1.165) is 0 Å². The summed E-state index contributed by atoms with van der Waals surface area (Å²) in [5.41, 5.74) is 0. The first-order valence-corrected chi connectivity index (χ1v) is 27.2. The van der Waals surface area contributed by atoms with Gasteiger partial charge in [-0.1, -0.05) is 0 Å². The van der Waals surface area contributed by atoms with Crippen LogP contribution >= 0.6 is 0 Å². The highest BCUT2D eigenvalue weighted by Crippen LogP contribution is 2.39. The summed E-state index contributed by atoms with van der Waals surface area (Å²) in [5.74, 6) is -0.805. The molecule has 21 aliphatic rings. The Morgan fingerprint density at radius 1 is 0.310 bits per heavy atom. The lowest BCUT2D eigenvalue weighted by Crippen LogP contribution is -2.68. The molecule has 0 radical (unpaired) electrons. The van der Waals surface area contributed by atoms with E-state index in [9.17, 15) is 107 Å². The van der Waals surface area contributed by atoms with Gasteiger partial charge in [0.2, 0.25) is 0 Å². The minimum absolute atomic E-state index is 0.148. The van der Waals surface area contributed by atoms with Gasteiger partial charge in [0.25, 0.3) is 0 Å². The topological polar surface area (TPSA) is 572 Å². The summed E-state index contributed by atoms with van der Waals surface area (Å²) in [6.07, 6.45) is -71.0. The molecule has 0 aromatic carbocycles. The maximum Gasteiger partial charge on any atom is 0.305 e. The molecular weight excluding hydrogens is 1150 g/mol. The van der Waals surface area contributed by atoms with E-state index in [1.807, 2.05) is 0 Å². The van der Waals surface area contributed by atoms with Gasteiger partial charge in [0.05, 0.1) is 39.6 Å². The average Bonchev–Trinajstić information content (AvgIpc) is 1.90. The zero-order chi connectivity index (χ0) is 61.2. The molecule has 0 unspecified atom stereocenters. The van der Waals surface area contributed by atoms with Gasteiger partial charge < -0.3 is 179 Å². The van der Waals surface area contributed by atoms with Crippen LogP contribution in [0.2, 0.25) is 0 Å². The molecule has 0 aromatic rings. The molecule has 35 atom stereocenters. The molecule has 14 bridgehead atoms. The molecule has 488 valence electrons. The van der Waals surface area contributed by atoms with Gasteiger partial charge in [-0.15, -0.1) is 0 Å². The molecule has 0 amide bonds. The smallest absolute Gasteiger partial charge is 0.305 e. The molecule has 84 heavy (non-hydrogen) atoms. The lowest BCUT2D eigenvalue weighted by Gasteiger charge is -2.50. The van der Waals surface area contributed by atoms with Crippen LogP contribution in [0.25, 0.3) is 0 Å². The number of rotatable bonds is 12. The minimum atomic E-state index is -2.25. The number of carbonyl (C=O) groups is 1. The fraction of sp³-hybridized carbons (Fsp3) is 0.979.